The summed E-state index contributed by atoms with van der Waals surface area (Å²) >= 11 is 12.3. The van der Waals surface area contributed by atoms with Gasteiger partial charge in [-0.2, -0.15) is 0 Å². The van der Waals surface area contributed by atoms with Crippen LogP contribution in [0.25, 0.3) is 0 Å². The van der Waals surface area contributed by atoms with Crippen LogP contribution in [-0.4, -0.2) is 57.1 Å². The van der Waals surface area contributed by atoms with Crippen LogP contribution in [0, 0.1) is 0 Å². The zero-order valence-corrected chi connectivity index (χ0v) is 22.6. The highest BCUT2D eigenvalue weighted by molar-refractivity contribution is 7.92. The molecular formula is C24H31Cl2N3O5S. The van der Waals surface area contributed by atoms with Crippen molar-refractivity contribution < 1.29 is 22.7 Å². The summed E-state index contributed by atoms with van der Waals surface area (Å²) in [6, 6.07) is 10.4. The summed E-state index contributed by atoms with van der Waals surface area (Å²) in [5, 5.41) is 3.55. The number of nitrogens with zero attached hydrogens (tertiary/aromatic N) is 2. The van der Waals surface area contributed by atoms with E-state index in [-0.39, 0.29) is 12.5 Å². The van der Waals surface area contributed by atoms with Crippen LogP contribution >= 0.6 is 23.2 Å². The number of rotatable bonds is 12. The van der Waals surface area contributed by atoms with E-state index in [4.69, 9.17) is 27.9 Å². The quantitative estimate of drug-likeness (QED) is 0.434. The summed E-state index contributed by atoms with van der Waals surface area (Å²) in [7, 11) is -3.82. The first-order chi connectivity index (χ1) is 16.5. The lowest BCUT2D eigenvalue weighted by molar-refractivity contribution is -0.139. The van der Waals surface area contributed by atoms with E-state index in [1.807, 2.05) is 13.8 Å². The highest BCUT2D eigenvalue weighted by Gasteiger charge is 2.30. The number of carbonyl (C=O) groups excluding carboxylic acids is 2. The second-order valence-corrected chi connectivity index (χ2v) is 10.7. The number of anilines is 1. The molecule has 1 atom stereocenters. The number of ether oxygens (including phenoxy) is 1. The maximum Gasteiger partial charge on any atom is 0.244 e. The van der Waals surface area contributed by atoms with Crippen LogP contribution in [0.5, 0.6) is 5.75 Å². The molecule has 0 saturated carbocycles. The fraction of sp³-hybridized carbons (Fsp3) is 0.417. The van der Waals surface area contributed by atoms with Gasteiger partial charge in [0.05, 0.1) is 18.6 Å². The highest BCUT2D eigenvalue weighted by Crippen LogP contribution is 2.25. The van der Waals surface area contributed by atoms with Crippen LogP contribution in [0.15, 0.2) is 42.5 Å². The molecular weight excluding hydrogens is 513 g/mol. The van der Waals surface area contributed by atoms with Gasteiger partial charge in [-0.15, -0.1) is 0 Å². The SMILES string of the molecule is CCCNC(=O)[C@@H](C)N(Cc1ccc(Cl)cc1Cl)C(=O)CN(c1ccc(OCC)cc1)S(C)(=O)=O. The number of benzene rings is 2. The second kappa shape index (κ2) is 13.0. The lowest BCUT2D eigenvalue weighted by atomic mass is 10.1. The molecule has 0 spiro atoms. The maximum absolute atomic E-state index is 13.5. The first-order valence-corrected chi connectivity index (χ1v) is 13.8. The predicted octanol–water partition coefficient (Wildman–Crippen LogP) is 4.10. The topological polar surface area (TPSA) is 96.0 Å². The molecule has 0 bridgehead atoms. The number of carbonyl (C=O) groups is 2. The van der Waals surface area contributed by atoms with Gasteiger partial charge in [0.1, 0.15) is 18.3 Å². The lowest BCUT2D eigenvalue weighted by Crippen LogP contribution is -2.51. The number of nitrogens with one attached hydrogen (secondary N) is 1. The zero-order chi connectivity index (χ0) is 26.2. The van der Waals surface area contributed by atoms with Crippen molar-refractivity contribution in [3.8, 4) is 5.75 Å². The molecule has 192 valence electrons. The minimum Gasteiger partial charge on any atom is -0.494 e. The third kappa shape index (κ3) is 8.30. The first-order valence-electron chi connectivity index (χ1n) is 11.2. The molecule has 0 aromatic heterocycles. The van der Waals surface area contributed by atoms with Crippen molar-refractivity contribution in [3.05, 3.63) is 58.1 Å². The van der Waals surface area contributed by atoms with Crippen molar-refractivity contribution >= 4 is 50.7 Å². The van der Waals surface area contributed by atoms with Gasteiger partial charge in [0, 0.05) is 23.1 Å². The monoisotopic (exact) mass is 543 g/mol. The van der Waals surface area contributed by atoms with Gasteiger partial charge in [0.25, 0.3) is 0 Å². The average Bonchev–Trinajstić information content (AvgIpc) is 2.80. The minimum atomic E-state index is -3.82. The summed E-state index contributed by atoms with van der Waals surface area (Å²) < 4.78 is 31.6. The van der Waals surface area contributed by atoms with Gasteiger partial charge in [-0.3, -0.25) is 13.9 Å². The molecule has 2 amide bonds. The van der Waals surface area contributed by atoms with E-state index in [0.29, 0.717) is 40.2 Å². The Balaban J connectivity index is 2.38. The van der Waals surface area contributed by atoms with Crippen LogP contribution in [0.4, 0.5) is 5.69 Å². The summed E-state index contributed by atoms with van der Waals surface area (Å²) in [5.41, 5.74) is 0.878. The Kier molecular flexibility index (Phi) is 10.7. The summed E-state index contributed by atoms with van der Waals surface area (Å²) in [4.78, 5) is 27.5. The van der Waals surface area contributed by atoms with Crippen molar-refractivity contribution in [3.63, 3.8) is 0 Å². The summed E-state index contributed by atoms with van der Waals surface area (Å²) in [5.74, 6) is -0.331. The van der Waals surface area contributed by atoms with Crippen LogP contribution < -0.4 is 14.4 Å². The molecule has 2 aromatic rings. The van der Waals surface area contributed by atoms with Crippen molar-refractivity contribution in [2.75, 3.05) is 30.3 Å². The molecule has 1 N–H and O–H groups in total. The van der Waals surface area contributed by atoms with Crippen molar-refractivity contribution in [2.24, 2.45) is 0 Å². The third-order valence-electron chi connectivity index (χ3n) is 5.19. The molecule has 2 rings (SSSR count). The Bertz CT molecular complexity index is 1130. The van der Waals surface area contributed by atoms with E-state index in [0.717, 1.165) is 17.0 Å². The van der Waals surface area contributed by atoms with E-state index in [1.165, 1.54) is 4.90 Å². The largest absolute Gasteiger partial charge is 0.494 e. The molecule has 11 heteroatoms. The van der Waals surface area contributed by atoms with Gasteiger partial charge in [-0.1, -0.05) is 36.2 Å². The number of sulfonamides is 1. The third-order valence-corrected chi connectivity index (χ3v) is 6.91. The fourth-order valence-corrected chi connectivity index (χ4v) is 4.62. The normalized spacial score (nSPS) is 12.1. The van der Waals surface area contributed by atoms with E-state index in [9.17, 15) is 18.0 Å². The summed E-state index contributed by atoms with van der Waals surface area (Å²) in [6.07, 6.45) is 1.75. The minimum absolute atomic E-state index is 0.00354. The predicted molar refractivity (Wildman–Crippen MR) is 140 cm³/mol. The first kappa shape index (κ1) is 28.7. The van der Waals surface area contributed by atoms with Crippen LogP contribution in [0.2, 0.25) is 10.0 Å². The molecule has 0 aliphatic carbocycles. The average molecular weight is 545 g/mol. The van der Waals surface area contributed by atoms with Gasteiger partial charge in [-0.25, -0.2) is 8.42 Å². The maximum atomic E-state index is 13.5. The molecule has 0 aliphatic heterocycles. The molecule has 8 nitrogen and oxygen atoms in total. The summed E-state index contributed by atoms with van der Waals surface area (Å²) in [6.45, 7) is 5.77. The van der Waals surface area contributed by atoms with Gasteiger partial charge in [-0.05, 0) is 62.2 Å². The molecule has 0 fully saturated rings. The molecule has 0 saturated heterocycles. The highest BCUT2D eigenvalue weighted by atomic mass is 35.5. The Morgan fingerprint density at radius 3 is 2.29 bits per heavy atom. The van der Waals surface area contributed by atoms with Crippen LogP contribution in [0.3, 0.4) is 0 Å². The Hall–Kier alpha value is -2.49. The molecule has 2 aromatic carbocycles. The molecule has 0 heterocycles. The number of hydrogen-bond acceptors (Lipinski definition) is 5. The van der Waals surface area contributed by atoms with E-state index < -0.39 is 28.5 Å². The van der Waals surface area contributed by atoms with Crippen molar-refractivity contribution in [1.29, 1.82) is 0 Å². The number of amides is 2. The van der Waals surface area contributed by atoms with Crippen molar-refractivity contribution in [1.82, 2.24) is 10.2 Å². The number of hydrogen-bond donors (Lipinski definition) is 1. The molecule has 0 radical (unpaired) electrons. The van der Waals surface area contributed by atoms with Crippen LogP contribution in [0.1, 0.15) is 32.8 Å². The van der Waals surface area contributed by atoms with E-state index in [2.05, 4.69) is 5.32 Å². The zero-order valence-electron chi connectivity index (χ0n) is 20.3. The van der Waals surface area contributed by atoms with E-state index in [1.54, 1.807) is 49.4 Å². The number of halogens is 2. The Morgan fingerprint density at radius 1 is 1.09 bits per heavy atom. The Morgan fingerprint density at radius 2 is 1.74 bits per heavy atom. The fourth-order valence-electron chi connectivity index (χ4n) is 3.30. The molecule has 0 aliphatic rings. The lowest BCUT2D eigenvalue weighted by Gasteiger charge is -2.31. The van der Waals surface area contributed by atoms with E-state index >= 15 is 0 Å². The second-order valence-electron chi connectivity index (χ2n) is 7.92. The van der Waals surface area contributed by atoms with Gasteiger partial charge < -0.3 is 15.0 Å². The smallest absolute Gasteiger partial charge is 0.244 e. The van der Waals surface area contributed by atoms with Crippen LogP contribution in [-0.2, 0) is 26.2 Å². The van der Waals surface area contributed by atoms with Gasteiger partial charge >= 0.3 is 0 Å². The standard InChI is InChI=1S/C24H31Cl2N3O5S/c1-5-13-27-24(31)17(3)28(15-18-7-8-19(25)14-22(18)26)23(30)16-29(35(4,32)33)20-9-11-21(12-10-20)34-6-2/h7-12,14,17H,5-6,13,15-16H2,1-4H3,(H,27,31)/t17-/m1/s1. The Labute approximate surface area is 217 Å². The van der Waals surface area contributed by atoms with Gasteiger partial charge in [0.2, 0.25) is 21.8 Å². The molecule has 0 unspecified atom stereocenters. The van der Waals surface area contributed by atoms with Crippen molar-refractivity contribution in [2.45, 2.75) is 39.8 Å². The molecule has 35 heavy (non-hydrogen) atoms. The van der Waals surface area contributed by atoms with Gasteiger partial charge in [0.15, 0.2) is 0 Å².